The first-order chi connectivity index (χ1) is 6.49. The molecule has 0 aliphatic rings. The van der Waals surface area contributed by atoms with Gasteiger partial charge in [0.15, 0.2) is 0 Å². The van der Waals surface area contributed by atoms with Crippen molar-refractivity contribution < 1.29 is 0 Å². The first-order valence-electron chi connectivity index (χ1n) is 3.23. The lowest BCUT2D eigenvalue weighted by atomic mass is 10.2. The fourth-order valence-corrected chi connectivity index (χ4v) is 2.59. The molecule has 0 radical (unpaired) electrons. The fraction of sp³-hybridized carbons (Fsp3) is 0.143. The molecule has 14 heavy (non-hydrogen) atoms. The van der Waals surface area contributed by atoms with Gasteiger partial charge in [0.25, 0.3) is 0 Å². The fourth-order valence-electron chi connectivity index (χ4n) is 0.804. The largest absolute Gasteiger partial charge is 0.120 e. The van der Waals surface area contributed by atoms with Crippen LogP contribution in [0, 0.1) is 0 Å². The van der Waals surface area contributed by atoms with Crippen molar-refractivity contribution in [2.75, 3.05) is 0 Å². The van der Waals surface area contributed by atoms with E-state index >= 15 is 0 Å². The predicted octanol–water partition coefficient (Wildman–Crippen LogP) is 6.42. The van der Waals surface area contributed by atoms with E-state index in [1.165, 1.54) is 0 Å². The zero-order chi connectivity index (χ0) is 10.9. The van der Waals surface area contributed by atoms with Crippen molar-refractivity contribution in [3.8, 4) is 0 Å². The number of rotatable bonds is 2. The highest BCUT2D eigenvalue weighted by atomic mass is 35.7. The second kappa shape index (κ2) is 5.58. The van der Waals surface area contributed by atoms with Crippen molar-refractivity contribution in [3.05, 3.63) is 31.7 Å². The smallest absolute Gasteiger partial charge is 0.104 e. The number of benzene rings is 1. The van der Waals surface area contributed by atoms with Crippen LogP contribution in [-0.2, 0) is 0 Å². The summed E-state index contributed by atoms with van der Waals surface area (Å²) in [5.74, 6) is 0. The Hall–Kier alpha value is 1.31. The van der Waals surface area contributed by atoms with Gasteiger partial charge >= 0.3 is 0 Å². The van der Waals surface area contributed by atoms with Gasteiger partial charge in [-0.3, -0.25) is 0 Å². The van der Waals surface area contributed by atoms with Crippen LogP contribution in [0.4, 0.5) is 0 Å². The van der Waals surface area contributed by atoms with Gasteiger partial charge in [0.2, 0.25) is 0 Å². The topological polar surface area (TPSA) is 0 Å². The molecule has 1 unspecified atom stereocenters. The Bertz CT molecular complexity index is 353. The lowest BCUT2D eigenvalue weighted by Gasteiger charge is -2.11. The van der Waals surface area contributed by atoms with Crippen molar-refractivity contribution >= 4 is 79.7 Å². The predicted molar refractivity (Wildman–Crippen MR) is 68.5 cm³/mol. The Morgan fingerprint density at radius 2 is 1.57 bits per heavy atom. The molecule has 0 saturated carbocycles. The van der Waals surface area contributed by atoms with Crippen LogP contribution in [0.1, 0.15) is 10.3 Å². The maximum absolute atomic E-state index is 5.91. The molecule has 0 aliphatic carbocycles. The van der Waals surface area contributed by atoms with Crippen LogP contribution in [0.15, 0.2) is 6.07 Å². The summed E-state index contributed by atoms with van der Waals surface area (Å²) in [4.78, 5) is 0. The van der Waals surface area contributed by atoms with E-state index in [9.17, 15) is 0 Å². The Balaban J connectivity index is 3.33. The first-order valence-corrected chi connectivity index (χ1v) is 6.88. The summed E-state index contributed by atoms with van der Waals surface area (Å²) in [6, 6.07) is 1.55. The van der Waals surface area contributed by atoms with Gasteiger partial charge in [-0.2, -0.15) is 0 Å². The molecule has 0 bridgehead atoms. The van der Waals surface area contributed by atoms with Crippen molar-refractivity contribution in [1.29, 1.82) is 0 Å². The molecule has 1 aromatic carbocycles. The maximum atomic E-state index is 5.91. The van der Waals surface area contributed by atoms with Crippen molar-refractivity contribution in [1.82, 2.24) is 0 Å². The Labute approximate surface area is 115 Å². The third kappa shape index (κ3) is 2.70. The maximum Gasteiger partial charge on any atom is 0.120 e. The van der Waals surface area contributed by atoms with Crippen LogP contribution >= 0.6 is 79.7 Å². The minimum Gasteiger partial charge on any atom is -0.104 e. The summed E-state index contributed by atoms with van der Waals surface area (Å²) in [5, 5.41) is 0.972. The van der Waals surface area contributed by atoms with Crippen molar-refractivity contribution in [3.63, 3.8) is 0 Å². The summed E-state index contributed by atoms with van der Waals surface area (Å²) < 4.78 is -0.517. The van der Waals surface area contributed by atoms with E-state index in [0.29, 0.717) is 10.6 Å². The molecule has 0 aliphatic heterocycles. The van der Waals surface area contributed by atoms with E-state index in [1.807, 2.05) is 0 Å². The van der Waals surface area contributed by atoms with Gasteiger partial charge in [-0.25, -0.2) is 0 Å². The third-order valence-corrected chi connectivity index (χ3v) is 4.94. The van der Waals surface area contributed by atoms with E-state index in [-0.39, 0.29) is 15.1 Å². The van der Waals surface area contributed by atoms with E-state index in [2.05, 4.69) is 0 Å². The molecular weight excluding hydrogens is 329 g/mol. The minimum absolute atomic E-state index is 0.187. The summed E-state index contributed by atoms with van der Waals surface area (Å²) >= 11 is 29.2. The van der Waals surface area contributed by atoms with Crippen LogP contribution in [0.25, 0.3) is 0 Å². The van der Waals surface area contributed by atoms with Crippen LogP contribution in [-0.4, -0.2) is 0 Å². The van der Waals surface area contributed by atoms with Crippen LogP contribution in [0.2, 0.25) is 20.1 Å². The van der Waals surface area contributed by atoms with Gasteiger partial charge in [-0.05, 0) is 27.7 Å². The highest BCUT2D eigenvalue weighted by Crippen LogP contribution is 2.45. The average Bonchev–Trinajstić information content (AvgIpc) is 2.19. The van der Waals surface area contributed by atoms with Gasteiger partial charge < -0.3 is 0 Å². The van der Waals surface area contributed by atoms with E-state index in [1.54, 1.807) is 6.07 Å². The third-order valence-electron chi connectivity index (χ3n) is 1.45. The zero-order valence-corrected chi connectivity index (χ0v) is 11.7. The normalized spacial score (nSPS) is 13.0. The highest BCUT2D eigenvalue weighted by Gasteiger charge is 2.18. The monoisotopic (exact) mass is 328 g/mol. The summed E-state index contributed by atoms with van der Waals surface area (Å²) in [6.07, 6.45) is 0. The number of alkyl halides is 1. The second-order valence-corrected chi connectivity index (χ2v) is 5.72. The molecule has 0 aromatic heterocycles. The van der Waals surface area contributed by atoms with Gasteiger partial charge in [-0.15, -0.1) is 11.6 Å². The SMILES string of the molecule is ClSC(Cl)c1cc(Cl)c(Cl)c(Cl)c1Cl. The van der Waals surface area contributed by atoms with Crippen LogP contribution in [0.5, 0.6) is 0 Å². The minimum atomic E-state index is -0.517. The number of hydrogen-bond donors (Lipinski definition) is 0. The molecule has 1 aromatic rings. The summed E-state index contributed by atoms with van der Waals surface area (Å²) in [6.45, 7) is 0. The molecular formula is C7H2Cl6S. The Kier molecular flexibility index (Phi) is 5.33. The van der Waals surface area contributed by atoms with Crippen LogP contribution < -0.4 is 0 Å². The van der Waals surface area contributed by atoms with Gasteiger partial charge in [0.1, 0.15) is 4.71 Å². The average molecular weight is 331 g/mol. The van der Waals surface area contributed by atoms with Gasteiger partial charge in [0, 0.05) is 5.56 Å². The highest BCUT2D eigenvalue weighted by molar-refractivity contribution is 8.22. The molecule has 0 heterocycles. The first kappa shape index (κ1) is 13.4. The van der Waals surface area contributed by atoms with Gasteiger partial charge in [-0.1, -0.05) is 46.4 Å². The molecule has 0 saturated heterocycles. The van der Waals surface area contributed by atoms with E-state index in [0.717, 1.165) is 11.0 Å². The molecule has 0 fully saturated rings. The molecule has 7 heteroatoms. The molecule has 0 amide bonds. The molecule has 78 valence electrons. The molecule has 0 nitrogen and oxygen atoms in total. The Morgan fingerprint density at radius 1 is 1.00 bits per heavy atom. The van der Waals surface area contributed by atoms with Crippen molar-refractivity contribution in [2.45, 2.75) is 4.71 Å². The lowest BCUT2D eigenvalue weighted by Crippen LogP contribution is -1.88. The molecule has 0 N–H and O–H groups in total. The molecule has 1 rings (SSSR count). The molecule has 1 atom stereocenters. The zero-order valence-electron chi connectivity index (χ0n) is 6.33. The van der Waals surface area contributed by atoms with E-state index < -0.39 is 4.71 Å². The summed E-state index contributed by atoms with van der Waals surface area (Å²) in [7, 11) is 6.42. The standard InChI is InChI=1S/C7H2Cl6S/c8-3-1-2(7(12)14-13)4(9)6(11)5(3)10/h1,7H. The number of hydrogen-bond acceptors (Lipinski definition) is 1. The lowest BCUT2D eigenvalue weighted by molar-refractivity contribution is 1.37. The Morgan fingerprint density at radius 3 is 2.07 bits per heavy atom. The quantitative estimate of drug-likeness (QED) is 0.342. The van der Waals surface area contributed by atoms with Crippen LogP contribution in [0.3, 0.4) is 0 Å². The summed E-state index contributed by atoms with van der Waals surface area (Å²) in [5.41, 5.74) is 0.549. The molecule has 0 spiro atoms. The van der Waals surface area contributed by atoms with Gasteiger partial charge in [0.05, 0.1) is 20.1 Å². The number of halogens is 6. The van der Waals surface area contributed by atoms with E-state index in [4.69, 9.17) is 68.7 Å². The van der Waals surface area contributed by atoms with Crippen molar-refractivity contribution in [2.24, 2.45) is 0 Å². The second-order valence-electron chi connectivity index (χ2n) is 2.29.